The Balaban J connectivity index is 0.000000982. The first-order valence-electron chi connectivity index (χ1n) is 5.85. The standard InChI is InChI=1S/C8H12O8.C3H8/c1-2(9)15-8-5(12)3(10)4(11)6(16-8)7(13)14;1-3-2/h3-6,8,10-12H,1H3,(H,13,14);3H2,1-2H3. The summed E-state index contributed by atoms with van der Waals surface area (Å²) in [6, 6.07) is 0. The van der Waals surface area contributed by atoms with Crippen molar-refractivity contribution in [2.24, 2.45) is 0 Å². The van der Waals surface area contributed by atoms with Crippen LogP contribution in [0.2, 0.25) is 0 Å². The second-order valence-electron chi connectivity index (χ2n) is 4.05. The number of aliphatic carboxylic acids is 1. The van der Waals surface area contributed by atoms with E-state index in [1.807, 2.05) is 0 Å². The lowest BCUT2D eigenvalue weighted by Crippen LogP contribution is -2.60. The Morgan fingerprint density at radius 3 is 1.95 bits per heavy atom. The summed E-state index contributed by atoms with van der Waals surface area (Å²) in [7, 11) is 0. The average molecular weight is 280 g/mol. The van der Waals surface area contributed by atoms with E-state index in [-0.39, 0.29) is 0 Å². The van der Waals surface area contributed by atoms with Gasteiger partial charge in [0.15, 0.2) is 6.10 Å². The summed E-state index contributed by atoms with van der Waals surface area (Å²) in [5.74, 6) is -2.34. The van der Waals surface area contributed by atoms with Gasteiger partial charge in [0.25, 0.3) is 0 Å². The Bertz CT molecular complexity index is 303. The summed E-state index contributed by atoms with van der Waals surface area (Å²) in [6.45, 7) is 5.28. The van der Waals surface area contributed by atoms with E-state index in [1.54, 1.807) is 0 Å². The van der Waals surface area contributed by atoms with Gasteiger partial charge in [-0.15, -0.1) is 0 Å². The number of ether oxygens (including phenoxy) is 2. The van der Waals surface area contributed by atoms with Crippen LogP contribution in [0, 0.1) is 0 Å². The molecule has 4 N–H and O–H groups in total. The van der Waals surface area contributed by atoms with Gasteiger partial charge in [0, 0.05) is 6.92 Å². The van der Waals surface area contributed by atoms with E-state index in [2.05, 4.69) is 23.3 Å². The van der Waals surface area contributed by atoms with Crippen molar-refractivity contribution in [3.05, 3.63) is 0 Å². The molecule has 1 fully saturated rings. The predicted octanol–water partition coefficient (Wildman–Crippen LogP) is -1.14. The van der Waals surface area contributed by atoms with E-state index < -0.39 is 42.6 Å². The largest absolute Gasteiger partial charge is 0.479 e. The van der Waals surface area contributed by atoms with Gasteiger partial charge in [0.05, 0.1) is 0 Å². The van der Waals surface area contributed by atoms with Crippen LogP contribution in [0.15, 0.2) is 0 Å². The lowest BCUT2D eigenvalue weighted by Gasteiger charge is -2.37. The minimum absolute atomic E-state index is 0.809. The quantitative estimate of drug-likeness (QED) is 0.466. The van der Waals surface area contributed by atoms with Crippen LogP contribution in [-0.2, 0) is 19.1 Å². The van der Waals surface area contributed by atoms with Gasteiger partial charge >= 0.3 is 11.9 Å². The van der Waals surface area contributed by atoms with Crippen LogP contribution in [0.4, 0.5) is 0 Å². The number of hydrogen-bond acceptors (Lipinski definition) is 7. The summed E-state index contributed by atoms with van der Waals surface area (Å²) in [5, 5.41) is 36.6. The fraction of sp³-hybridized carbons (Fsp3) is 0.818. The highest BCUT2D eigenvalue weighted by molar-refractivity contribution is 5.73. The van der Waals surface area contributed by atoms with Crippen molar-refractivity contribution in [1.29, 1.82) is 0 Å². The van der Waals surface area contributed by atoms with E-state index in [0.29, 0.717) is 0 Å². The lowest BCUT2D eigenvalue weighted by molar-refractivity contribution is -0.285. The normalized spacial score (nSPS) is 33.9. The smallest absolute Gasteiger partial charge is 0.335 e. The molecule has 1 rings (SSSR count). The molecule has 1 saturated heterocycles. The van der Waals surface area contributed by atoms with Crippen LogP contribution < -0.4 is 0 Å². The fourth-order valence-corrected chi connectivity index (χ4v) is 1.31. The van der Waals surface area contributed by atoms with Gasteiger partial charge in [-0.3, -0.25) is 4.79 Å². The molecule has 0 bridgehead atoms. The number of aliphatic hydroxyl groups excluding tert-OH is 3. The van der Waals surface area contributed by atoms with Crippen molar-refractivity contribution in [3.8, 4) is 0 Å². The zero-order valence-corrected chi connectivity index (χ0v) is 11.0. The number of carboxylic acids is 1. The van der Waals surface area contributed by atoms with Crippen LogP contribution in [-0.4, -0.2) is 63.1 Å². The van der Waals surface area contributed by atoms with Gasteiger partial charge < -0.3 is 29.9 Å². The molecule has 0 radical (unpaired) electrons. The molecule has 1 aliphatic rings. The molecule has 0 aliphatic carbocycles. The van der Waals surface area contributed by atoms with E-state index in [1.165, 1.54) is 6.42 Å². The zero-order chi connectivity index (χ0) is 15.2. The summed E-state index contributed by atoms with van der Waals surface area (Å²) in [6.07, 6.45) is -7.38. The maximum absolute atomic E-state index is 10.6. The van der Waals surface area contributed by atoms with Crippen LogP contribution >= 0.6 is 0 Å². The topological polar surface area (TPSA) is 134 Å². The Hall–Kier alpha value is -1.22. The first kappa shape index (κ1) is 17.8. The third-order valence-corrected chi connectivity index (χ3v) is 2.10. The van der Waals surface area contributed by atoms with E-state index in [0.717, 1.165) is 6.92 Å². The van der Waals surface area contributed by atoms with Crippen LogP contribution in [0.25, 0.3) is 0 Å². The average Bonchev–Trinajstić information content (AvgIpc) is 2.30. The van der Waals surface area contributed by atoms with Gasteiger partial charge in [-0.05, 0) is 0 Å². The molecule has 5 unspecified atom stereocenters. The molecule has 8 heteroatoms. The van der Waals surface area contributed by atoms with E-state index >= 15 is 0 Å². The molecule has 0 aromatic heterocycles. The van der Waals surface area contributed by atoms with Crippen LogP contribution in [0.5, 0.6) is 0 Å². The van der Waals surface area contributed by atoms with E-state index in [9.17, 15) is 24.9 Å². The minimum Gasteiger partial charge on any atom is -0.479 e. The zero-order valence-electron chi connectivity index (χ0n) is 11.0. The number of aliphatic hydroxyl groups is 3. The van der Waals surface area contributed by atoms with Gasteiger partial charge in [-0.2, -0.15) is 0 Å². The van der Waals surface area contributed by atoms with Gasteiger partial charge in [-0.25, -0.2) is 4.79 Å². The first-order chi connectivity index (χ1) is 8.76. The van der Waals surface area contributed by atoms with Crippen molar-refractivity contribution in [2.75, 3.05) is 0 Å². The molecule has 0 saturated carbocycles. The van der Waals surface area contributed by atoms with Crippen molar-refractivity contribution in [1.82, 2.24) is 0 Å². The third-order valence-electron chi connectivity index (χ3n) is 2.10. The van der Waals surface area contributed by atoms with Gasteiger partial charge in [-0.1, -0.05) is 20.3 Å². The highest BCUT2D eigenvalue weighted by Crippen LogP contribution is 2.22. The number of hydrogen-bond donors (Lipinski definition) is 4. The maximum Gasteiger partial charge on any atom is 0.335 e. The highest BCUT2D eigenvalue weighted by atomic mass is 16.7. The number of carbonyl (C=O) groups is 2. The van der Waals surface area contributed by atoms with Gasteiger partial charge in [0.2, 0.25) is 6.29 Å². The number of carboxylic acid groups (broad SMARTS) is 1. The molecule has 19 heavy (non-hydrogen) atoms. The van der Waals surface area contributed by atoms with Crippen LogP contribution in [0.1, 0.15) is 27.2 Å². The molecule has 0 aromatic carbocycles. The van der Waals surface area contributed by atoms with E-state index in [4.69, 9.17) is 5.11 Å². The van der Waals surface area contributed by atoms with Crippen molar-refractivity contribution in [2.45, 2.75) is 57.9 Å². The molecule has 8 nitrogen and oxygen atoms in total. The fourth-order valence-electron chi connectivity index (χ4n) is 1.31. The molecule has 5 atom stereocenters. The number of esters is 1. The first-order valence-corrected chi connectivity index (χ1v) is 5.85. The number of carbonyl (C=O) groups excluding carboxylic acids is 1. The molecular formula is C11H20O8. The lowest BCUT2D eigenvalue weighted by atomic mass is 9.99. The highest BCUT2D eigenvalue weighted by Gasteiger charge is 2.48. The Morgan fingerprint density at radius 1 is 1.11 bits per heavy atom. The summed E-state index contributed by atoms with van der Waals surface area (Å²) in [4.78, 5) is 21.2. The maximum atomic E-state index is 10.6. The van der Waals surface area contributed by atoms with Gasteiger partial charge in [0.1, 0.15) is 18.3 Å². The molecule has 112 valence electrons. The SMILES string of the molecule is CC(=O)OC1OC(C(=O)O)C(O)C(O)C1O.CCC. The Morgan fingerprint density at radius 2 is 1.58 bits per heavy atom. The Kier molecular flexibility index (Phi) is 7.53. The molecule has 0 spiro atoms. The third kappa shape index (κ3) is 5.11. The molecule has 1 aliphatic heterocycles. The number of rotatable bonds is 2. The second kappa shape index (κ2) is 8.05. The Labute approximate surface area is 110 Å². The molecular weight excluding hydrogens is 260 g/mol. The summed E-state index contributed by atoms with van der Waals surface area (Å²) >= 11 is 0. The molecule has 0 aromatic rings. The predicted molar refractivity (Wildman–Crippen MR) is 62.0 cm³/mol. The van der Waals surface area contributed by atoms with Crippen LogP contribution in [0.3, 0.4) is 0 Å². The monoisotopic (exact) mass is 280 g/mol. The van der Waals surface area contributed by atoms with Crippen molar-refractivity contribution >= 4 is 11.9 Å². The minimum atomic E-state index is -1.79. The van der Waals surface area contributed by atoms with Crippen molar-refractivity contribution in [3.63, 3.8) is 0 Å². The summed E-state index contributed by atoms with van der Waals surface area (Å²) in [5.41, 5.74) is 0. The molecule has 1 heterocycles. The second-order valence-corrected chi connectivity index (χ2v) is 4.05. The van der Waals surface area contributed by atoms with Crippen molar-refractivity contribution < 1.29 is 39.5 Å². The summed E-state index contributed by atoms with van der Waals surface area (Å²) < 4.78 is 9.11. The molecule has 0 amide bonds.